The Morgan fingerprint density at radius 3 is 2.50 bits per heavy atom. The van der Waals surface area contributed by atoms with Crippen LogP contribution in [0.25, 0.3) is 0 Å². The number of guanidine groups is 1. The van der Waals surface area contributed by atoms with Crippen molar-refractivity contribution in [3.8, 4) is 0 Å². The highest BCUT2D eigenvalue weighted by Crippen LogP contribution is 2.21. The summed E-state index contributed by atoms with van der Waals surface area (Å²) in [5.74, 6) is 1.61. The van der Waals surface area contributed by atoms with Gasteiger partial charge in [0.05, 0.1) is 4.90 Å². The number of hydrogen-bond acceptors (Lipinski definition) is 4. The van der Waals surface area contributed by atoms with Crippen LogP contribution in [0, 0.1) is 5.92 Å². The number of sulfonamides is 1. The topological polar surface area (TPSA) is 77.0 Å². The van der Waals surface area contributed by atoms with Crippen LogP contribution in [0.3, 0.4) is 0 Å². The van der Waals surface area contributed by atoms with Crippen LogP contribution in [-0.2, 0) is 16.6 Å². The van der Waals surface area contributed by atoms with E-state index in [0.717, 1.165) is 56.2 Å². The summed E-state index contributed by atoms with van der Waals surface area (Å²) in [7, 11) is -1.64. The number of benzene rings is 1. The van der Waals surface area contributed by atoms with Crippen molar-refractivity contribution in [1.29, 1.82) is 0 Å². The van der Waals surface area contributed by atoms with Gasteiger partial charge in [0.15, 0.2) is 5.96 Å². The van der Waals surface area contributed by atoms with Gasteiger partial charge in [0, 0.05) is 33.2 Å². The zero-order valence-electron chi connectivity index (χ0n) is 19.6. The third-order valence-electron chi connectivity index (χ3n) is 6.35. The third kappa shape index (κ3) is 8.14. The maximum absolute atomic E-state index is 12.9. The monoisotopic (exact) mass is 577 g/mol. The molecule has 0 aromatic heterocycles. The van der Waals surface area contributed by atoms with Gasteiger partial charge in [-0.1, -0.05) is 25.5 Å². The largest absolute Gasteiger partial charge is 0.356 e. The van der Waals surface area contributed by atoms with Gasteiger partial charge in [-0.2, -0.15) is 4.31 Å². The molecule has 1 aromatic carbocycles. The van der Waals surface area contributed by atoms with Crippen LogP contribution in [0.15, 0.2) is 34.2 Å². The van der Waals surface area contributed by atoms with Crippen molar-refractivity contribution in [2.45, 2.75) is 56.9 Å². The molecule has 2 aliphatic rings. The molecule has 0 bridgehead atoms. The number of rotatable bonds is 8. The summed E-state index contributed by atoms with van der Waals surface area (Å²) in [4.78, 5) is 7.23. The minimum Gasteiger partial charge on any atom is -0.356 e. The molecule has 0 aliphatic carbocycles. The first-order valence-corrected chi connectivity index (χ1v) is 13.2. The van der Waals surface area contributed by atoms with Crippen molar-refractivity contribution >= 4 is 40.0 Å². The smallest absolute Gasteiger partial charge is 0.243 e. The fraction of sp³-hybridized carbons (Fsp3) is 0.696. The molecule has 0 atom stereocenters. The fourth-order valence-electron chi connectivity index (χ4n) is 4.27. The van der Waals surface area contributed by atoms with Gasteiger partial charge in [0.1, 0.15) is 0 Å². The Morgan fingerprint density at radius 1 is 1.09 bits per heavy atom. The molecule has 9 heteroatoms. The number of aliphatic imine (C=N–C) groups is 1. The molecular weight excluding hydrogens is 537 g/mol. The van der Waals surface area contributed by atoms with Crippen LogP contribution in [0.2, 0.25) is 0 Å². The van der Waals surface area contributed by atoms with Crippen molar-refractivity contribution in [1.82, 2.24) is 19.8 Å². The highest BCUT2D eigenvalue weighted by molar-refractivity contribution is 14.0. The molecule has 0 spiro atoms. The first kappa shape index (κ1) is 27.3. The zero-order chi connectivity index (χ0) is 22.1. The zero-order valence-corrected chi connectivity index (χ0v) is 22.7. The summed E-state index contributed by atoms with van der Waals surface area (Å²) >= 11 is 0. The Morgan fingerprint density at radius 2 is 1.81 bits per heavy atom. The summed E-state index contributed by atoms with van der Waals surface area (Å²) in [5.41, 5.74) is 0.934. The first-order chi connectivity index (χ1) is 15.0. The van der Waals surface area contributed by atoms with E-state index in [9.17, 15) is 8.42 Å². The molecule has 2 aliphatic heterocycles. The van der Waals surface area contributed by atoms with Gasteiger partial charge < -0.3 is 15.5 Å². The summed E-state index contributed by atoms with van der Waals surface area (Å²) in [5, 5.41) is 6.68. The number of hydrogen-bond donors (Lipinski definition) is 2. The van der Waals surface area contributed by atoms with Crippen LogP contribution >= 0.6 is 24.0 Å². The average Bonchev–Trinajstić information content (AvgIpc) is 2.80. The molecule has 32 heavy (non-hydrogen) atoms. The fourth-order valence-corrected chi connectivity index (χ4v) is 5.86. The second-order valence-electron chi connectivity index (χ2n) is 8.84. The lowest BCUT2D eigenvalue weighted by Gasteiger charge is -2.30. The summed E-state index contributed by atoms with van der Waals surface area (Å²) in [6.45, 7) is 8.54. The van der Waals surface area contributed by atoms with Crippen LogP contribution in [0.4, 0.5) is 0 Å². The molecule has 2 heterocycles. The Bertz CT molecular complexity index is 819. The summed E-state index contributed by atoms with van der Waals surface area (Å²) in [6.07, 6.45) is 6.70. The molecule has 2 fully saturated rings. The highest BCUT2D eigenvalue weighted by Gasteiger charge is 2.25. The predicted octanol–water partition coefficient (Wildman–Crippen LogP) is 3.27. The first-order valence-electron chi connectivity index (χ1n) is 11.7. The number of nitrogens with zero attached hydrogens (tertiary/aromatic N) is 3. The normalized spacial score (nSPS) is 19.4. The average molecular weight is 578 g/mol. The van der Waals surface area contributed by atoms with Gasteiger partial charge in [-0.05, 0) is 75.4 Å². The van der Waals surface area contributed by atoms with E-state index in [1.54, 1.807) is 23.5 Å². The van der Waals surface area contributed by atoms with E-state index in [1.807, 2.05) is 12.1 Å². The maximum Gasteiger partial charge on any atom is 0.243 e. The van der Waals surface area contributed by atoms with E-state index in [4.69, 9.17) is 0 Å². The second-order valence-corrected chi connectivity index (χ2v) is 10.8. The molecule has 7 nitrogen and oxygen atoms in total. The molecule has 1 aromatic rings. The number of nitrogens with one attached hydrogen (secondary N) is 2. The van der Waals surface area contributed by atoms with E-state index < -0.39 is 10.0 Å². The highest BCUT2D eigenvalue weighted by atomic mass is 127. The lowest BCUT2D eigenvalue weighted by Crippen LogP contribution is -2.39. The van der Waals surface area contributed by atoms with Crippen LogP contribution in [0.5, 0.6) is 0 Å². The minimum atomic E-state index is -3.41. The molecule has 0 amide bonds. The Hall–Kier alpha value is -0.910. The van der Waals surface area contributed by atoms with Crippen molar-refractivity contribution in [3.05, 3.63) is 29.8 Å². The number of halogens is 1. The summed E-state index contributed by atoms with van der Waals surface area (Å²) in [6, 6.07) is 7.25. The van der Waals surface area contributed by atoms with Gasteiger partial charge in [-0.3, -0.25) is 4.99 Å². The number of likely N-dealkylation sites (tertiary alicyclic amines) is 1. The van der Waals surface area contributed by atoms with Gasteiger partial charge in [0.2, 0.25) is 10.0 Å². The van der Waals surface area contributed by atoms with E-state index >= 15 is 0 Å². The van der Waals surface area contributed by atoms with Crippen LogP contribution in [0.1, 0.15) is 51.0 Å². The third-order valence-corrected chi connectivity index (χ3v) is 8.25. The minimum absolute atomic E-state index is 0. The molecule has 0 saturated carbocycles. The Kier molecular flexibility index (Phi) is 11.7. The molecule has 2 N–H and O–H groups in total. The van der Waals surface area contributed by atoms with Crippen LogP contribution in [-0.4, -0.2) is 69.9 Å². The lowest BCUT2D eigenvalue weighted by molar-refractivity contribution is 0.191. The van der Waals surface area contributed by atoms with Crippen molar-refractivity contribution < 1.29 is 8.42 Å². The van der Waals surface area contributed by atoms with E-state index in [2.05, 4.69) is 27.4 Å². The van der Waals surface area contributed by atoms with E-state index in [1.165, 1.54) is 25.9 Å². The second kappa shape index (κ2) is 13.7. The van der Waals surface area contributed by atoms with E-state index in [0.29, 0.717) is 24.5 Å². The van der Waals surface area contributed by atoms with Gasteiger partial charge in [-0.25, -0.2) is 8.42 Å². The van der Waals surface area contributed by atoms with Gasteiger partial charge in [0.25, 0.3) is 0 Å². The quantitative estimate of drug-likeness (QED) is 0.215. The van der Waals surface area contributed by atoms with Gasteiger partial charge >= 0.3 is 0 Å². The Balaban J connectivity index is 0.00000363. The SMILES string of the molecule is CN=C(NCCCN1CCC(C)CC1)NCc1cccc(S(=O)(=O)N2CCCCC2)c1.I. The van der Waals surface area contributed by atoms with Crippen molar-refractivity contribution in [2.24, 2.45) is 10.9 Å². The number of piperidine rings is 2. The summed E-state index contributed by atoms with van der Waals surface area (Å²) < 4.78 is 27.5. The maximum atomic E-state index is 12.9. The van der Waals surface area contributed by atoms with Crippen molar-refractivity contribution in [2.75, 3.05) is 46.3 Å². The van der Waals surface area contributed by atoms with Crippen LogP contribution < -0.4 is 10.6 Å². The lowest BCUT2D eigenvalue weighted by atomic mass is 9.99. The Labute approximate surface area is 211 Å². The van der Waals surface area contributed by atoms with Gasteiger partial charge in [-0.15, -0.1) is 24.0 Å². The van der Waals surface area contributed by atoms with Crippen molar-refractivity contribution in [3.63, 3.8) is 0 Å². The molecule has 0 radical (unpaired) electrons. The molecule has 0 unspecified atom stereocenters. The molecular formula is C23H40IN5O2S. The predicted molar refractivity (Wildman–Crippen MR) is 142 cm³/mol. The molecule has 3 rings (SSSR count). The standard InChI is InChI=1S/C23H39N5O2S.HI/c1-20-10-16-27(17-11-20)13-7-12-25-23(24-2)26-19-21-8-6-9-22(18-21)31(29,30)28-14-4-3-5-15-28;/h6,8-9,18,20H,3-5,7,10-17,19H2,1-2H3,(H2,24,25,26);1H. The molecule has 182 valence electrons. The van der Waals surface area contributed by atoms with E-state index in [-0.39, 0.29) is 24.0 Å². The molecule has 2 saturated heterocycles.